The summed E-state index contributed by atoms with van der Waals surface area (Å²) in [6.07, 6.45) is 3.38. The third kappa shape index (κ3) is 5.89. The Morgan fingerprint density at radius 1 is 1.36 bits per heavy atom. The van der Waals surface area contributed by atoms with Crippen LogP contribution in [-0.2, 0) is 0 Å². The number of hydrogen-bond acceptors (Lipinski definition) is 3. The maximum absolute atomic E-state index is 5.81. The van der Waals surface area contributed by atoms with E-state index in [-0.39, 0.29) is 0 Å². The van der Waals surface area contributed by atoms with Crippen LogP contribution in [0.15, 0.2) is 0 Å². The van der Waals surface area contributed by atoms with Crippen LogP contribution in [0.25, 0.3) is 0 Å². The van der Waals surface area contributed by atoms with Gasteiger partial charge in [0.25, 0.3) is 0 Å². The van der Waals surface area contributed by atoms with Crippen molar-refractivity contribution in [1.82, 2.24) is 4.90 Å². The van der Waals surface area contributed by atoms with Crippen molar-refractivity contribution in [2.45, 2.75) is 33.2 Å². The summed E-state index contributed by atoms with van der Waals surface area (Å²) >= 11 is 1.91. The molecule has 0 rings (SSSR count). The Balaban J connectivity index is 4.00. The molecular formula is C11H26N2S. The van der Waals surface area contributed by atoms with Crippen LogP contribution < -0.4 is 5.73 Å². The summed E-state index contributed by atoms with van der Waals surface area (Å²) in [5.41, 5.74) is 5.81. The lowest BCUT2D eigenvalue weighted by Gasteiger charge is -2.31. The zero-order chi connectivity index (χ0) is 11.0. The predicted molar refractivity (Wildman–Crippen MR) is 67.9 cm³/mol. The maximum atomic E-state index is 5.81. The highest BCUT2D eigenvalue weighted by atomic mass is 32.2. The smallest absolute Gasteiger partial charge is 0.0226 e. The summed E-state index contributed by atoms with van der Waals surface area (Å²) in [4.78, 5) is 2.51. The molecule has 1 unspecified atom stereocenters. The number of nitrogens with zero attached hydrogens (tertiary/aromatic N) is 1. The van der Waals surface area contributed by atoms with Crippen LogP contribution in [0.3, 0.4) is 0 Å². The summed E-state index contributed by atoms with van der Waals surface area (Å²) in [6, 6.07) is 0.579. The molecule has 0 aliphatic heterocycles. The molecule has 0 aliphatic rings. The Hall–Kier alpha value is 0.270. The van der Waals surface area contributed by atoms with Gasteiger partial charge in [-0.3, -0.25) is 4.90 Å². The largest absolute Gasteiger partial charge is 0.329 e. The van der Waals surface area contributed by atoms with Gasteiger partial charge in [-0.15, -0.1) is 0 Å². The first-order valence-electron chi connectivity index (χ1n) is 5.58. The molecule has 0 saturated heterocycles. The molecule has 0 fully saturated rings. The van der Waals surface area contributed by atoms with Crippen LogP contribution in [0.4, 0.5) is 0 Å². The van der Waals surface area contributed by atoms with E-state index >= 15 is 0 Å². The standard InChI is InChI=1S/C11H26N2S/c1-5-13(9-10(2)3)11(8-12)6-7-14-4/h10-11H,5-9,12H2,1-4H3. The molecule has 0 aliphatic carbocycles. The highest BCUT2D eigenvalue weighted by Crippen LogP contribution is 2.09. The molecule has 0 amide bonds. The molecule has 3 heteroatoms. The van der Waals surface area contributed by atoms with Gasteiger partial charge in [0.1, 0.15) is 0 Å². The average Bonchev–Trinajstić information content (AvgIpc) is 2.16. The first-order valence-corrected chi connectivity index (χ1v) is 6.98. The summed E-state index contributed by atoms with van der Waals surface area (Å²) < 4.78 is 0. The maximum Gasteiger partial charge on any atom is 0.0226 e. The van der Waals surface area contributed by atoms with Crippen LogP contribution in [0.2, 0.25) is 0 Å². The molecule has 0 saturated carbocycles. The third-order valence-electron chi connectivity index (χ3n) is 2.45. The quantitative estimate of drug-likeness (QED) is 0.676. The molecule has 14 heavy (non-hydrogen) atoms. The van der Waals surface area contributed by atoms with Crippen LogP contribution >= 0.6 is 11.8 Å². The van der Waals surface area contributed by atoms with E-state index in [0.717, 1.165) is 19.0 Å². The van der Waals surface area contributed by atoms with Gasteiger partial charge in [-0.1, -0.05) is 20.8 Å². The van der Waals surface area contributed by atoms with Gasteiger partial charge in [-0.2, -0.15) is 11.8 Å². The first-order chi connectivity index (χ1) is 6.65. The molecule has 0 radical (unpaired) electrons. The molecular weight excluding hydrogens is 192 g/mol. The second-order valence-electron chi connectivity index (χ2n) is 4.15. The molecule has 2 N–H and O–H groups in total. The van der Waals surface area contributed by atoms with Crippen molar-refractivity contribution in [2.24, 2.45) is 11.7 Å². The summed E-state index contributed by atoms with van der Waals surface area (Å²) in [6.45, 7) is 9.85. The molecule has 0 spiro atoms. The Morgan fingerprint density at radius 3 is 2.36 bits per heavy atom. The molecule has 1 atom stereocenters. The second-order valence-corrected chi connectivity index (χ2v) is 5.14. The molecule has 0 aromatic carbocycles. The number of likely N-dealkylation sites (N-methyl/N-ethyl adjacent to an activating group) is 1. The fourth-order valence-corrected chi connectivity index (χ4v) is 2.22. The van der Waals surface area contributed by atoms with Crippen LogP contribution in [0, 0.1) is 5.92 Å². The Labute approximate surface area is 93.6 Å². The van der Waals surface area contributed by atoms with Crippen molar-refractivity contribution >= 4 is 11.8 Å². The minimum Gasteiger partial charge on any atom is -0.329 e. The Kier molecular flexibility index (Phi) is 8.73. The van der Waals surface area contributed by atoms with Gasteiger partial charge < -0.3 is 5.73 Å². The van der Waals surface area contributed by atoms with E-state index in [0.29, 0.717) is 6.04 Å². The lowest BCUT2D eigenvalue weighted by atomic mass is 10.1. The second kappa shape index (κ2) is 8.57. The van der Waals surface area contributed by atoms with Crippen molar-refractivity contribution in [3.05, 3.63) is 0 Å². The zero-order valence-corrected chi connectivity index (χ0v) is 10.9. The number of thioether (sulfide) groups is 1. The fraction of sp³-hybridized carbons (Fsp3) is 1.00. The molecule has 0 aromatic heterocycles. The third-order valence-corrected chi connectivity index (χ3v) is 3.09. The monoisotopic (exact) mass is 218 g/mol. The van der Waals surface area contributed by atoms with Gasteiger partial charge in [-0.25, -0.2) is 0 Å². The molecule has 86 valence electrons. The zero-order valence-electron chi connectivity index (χ0n) is 10.1. The van der Waals surface area contributed by atoms with Gasteiger partial charge in [0, 0.05) is 19.1 Å². The highest BCUT2D eigenvalue weighted by molar-refractivity contribution is 7.98. The van der Waals surface area contributed by atoms with Gasteiger partial charge >= 0.3 is 0 Å². The number of rotatable bonds is 8. The SMILES string of the molecule is CCN(CC(C)C)C(CN)CCSC. The van der Waals surface area contributed by atoms with Crippen LogP contribution in [0.5, 0.6) is 0 Å². The van der Waals surface area contributed by atoms with Crippen molar-refractivity contribution in [1.29, 1.82) is 0 Å². The number of hydrogen-bond donors (Lipinski definition) is 1. The molecule has 0 heterocycles. The number of nitrogens with two attached hydrogens (primary N) is 1. The summed E-state index contributed by atoms with van der Waals surface area (Å²) in [5.74, 6) is 1.95. The van der Waals surface area contributed by atoms with Gasteiger partial charge in [0.15, 0.2) is 0 Å². The van der Waals surface area contributed by atoms with Crippen molar-refractivity contribution in [3.8, 4) is 0 Å². The van der Waals surface area contributed by atoms with Crippen molar-refractivity contribution in [3.63, 3.8) is 0 Å². The van der Waals surface area contributed by atoms with Gasteiger partial charge in [0.05, 0.1) is 0 Å². The molecule has 0 aromatic rings. The van der Waals surface area contributed by atoms with Crippen molar-refractivity contribution < 1.29 is 0 Å². The van der Waals surface area contributed by atoms with E-state index in [1.54, 1.807) is 0 Å². The van der Waals surface area contributed by atoms with E-state index in [2.05, 4.69) is 31.9 Å². The lowest BCUT2D eigenvalue weighted by Crippen LogP contribution is -2.42. The first kappa shape index (κ1) is 14.3. The lowest BCUT2D eigenvalue weighted by molar-refractivity contribution is 0.184. The Bertz CT molecular complexity index is 128. The van der Waals surface area contributed by atoms with Gasteiger partial charge in [-0.05, 0) is 30.9 Å². The van der Waals surface area contributed by atoms with Gasteiger partial charge in [0.2, 0.25) is 0 Å². The van der Waals surface area contributed by atoms with E-state index in [1.807, 2.05) is 11.8 Å². The molecule has 0 bridgehead atoms. The Morgan fingerprint density at radius 2 is 2.00 bits per heavy atom. The summed E-state index contributed by atoms with van der Waals surface area (Å²) in [7, 11) is 0. The van der Waals surface area contributed by atoms with E-state index < -0.39 is 0 Å². The minimum atomic E-state index is 0.579. The van der Waals surface area contributed by atoms with E-state index in [1.165, 1.54) is 18.7 Å². The molecule has 2 nitrogen and oxygen atoms in total. The van der Waals surface area contributed by atoms with Crippen LogP contribution in [-0.4, -0.2) is 42.6 Å². The van der Waals surface area contributed by atoms with E-state index in [9.17, 15) is 0 Å². The van der Waals surface area contributed by atoms with E-state index in [4.69, 9.17) is 5.73 Å². The summed E-state index contributed by atoms with van der Waals surface area (Å²) in [5, 5.41) is 0. The average molecular weight is 218 g/mol. The van der Waals surface area contributed by atoms with Crippen LogP contribution in [0.1, 0.15) is 27.2 Å². The van der Waals surface area contributed by atoms with Crippen molar-refractivity contribution in [2.75, 3.05) is 31.6 Å². The predicted octanol–water partition coefficient (Wildman–Crippen LogP) is 2.04. The minimum absolute atomic E-state index is 0.579. The normalized spacial score (nSPS) is 13.9. The highest BCUT2D eigenvalue weighted by Gasteiger charge is 2.15. The fourth-order valence-electron chi connectivity index (χ4n) is 1.71. The topological polar surface area (TPSA) is 29.3 Å².